The number of furan rings is 1. The van der Waals surface area contributed by atoms with Gasteiger partial charge in [0.05, 0.1) is 31.4 Å². The molecule has 0 amide bonds. The number of piperazine rings is 1. The van der Waals surface area contributed by atoms with E-state index in [0.29, 0.717) is 5.75 Å². The van der Waals surface area contributed by atoms with Gasteiger partial charge in [0, 0.05) is 38.4 Å². The van der Waals surface area contributed by atoms with Crippen molar-refractivity contribution < 1.29 is 22.3 Å². The Balaban J connectivity index is 1.44. The van der Waals surface area contributed by atoms with Gasteiger partial charge in [0.2, 0.25) is 10.0 Å². The Hall–Kier alpha value is -3.01. The number of rotatable bonds is 9. The molecule has 0 radical (unpaired) electrons. The summed E-state index contributed by atoms with van der Waals surface area (Å²) in [5.41, 5.74) is 1.91. The van der Waals surface area contributed by atoms with E-state index in [1.165, 1.54) is 0 Å². The molecule has 1 aliphatic heterocycles. The third kappa shape index (κ3) is 5.38. The molecular formula is C25H31N3O5S. The van der Waals surface area contributed by atoms with E-state index < -0.39 is 10.0 Å². The van der Waals surface area contributed by atoms with Gasteiger partial charge in [-0.25, -0.2) is 13.1 Å². The average Bonchev–Trinajstić information content (AvgIpc) is 3.39. The van der Waals surface area contributed by atoms with Crippen LogP contribution in [0.5, 0.6) is 11.5 Å². The van der Waals surface area contributed by atoms with Crippen molar-refractivity contribution in [2.24, 2.45) is 0 Å². The van der Waals surface area contributed by atoms with Gasteiger partial charge in [-0.3, -0.25) is 4.90 Å². The number of aryl methyl sites for hydroxylation is 1. The second-order valence-electron chi connectivity index (χ2n) is 8.24. The number of sulfonamides is 1. The van der Waals surface area contributed by atoms with Crippen molar-refractivity contribution in [2.45, 2.75) is 17.9 Å². The fraction of sp³-hybridized carbons (Fsp3) is 0.360. The quantitative estimate of drug-likeness (QED) is 0.497. The predicted octanol–water partition coefficient (Wildman–Crippen LogP) is 3.45. The zero-order valence-electron chi connectivity index (χ0n) is 19.7. The molecule has 2 aromatic carbocycles. The number of benzene rings is 2. The van der Waals surface area contributed by atoms with Crippen LogP contribution in [0.25, 0.3) is 0 Å². The molecule has 1 fully saturated rings. The highest BCUT2D eigenvalue weighted by Gasteiger charge is 2.29. The molecule has 1 atom stereocenters. The Morgan fingerprint density at radius 3 is 2.32 bits per heavy atom. The fourth-order valence-corrected chi connectivity index (χ4v) is 5.39. The van der Waals surface area contributed by atoms with E-state index >= 15 is 0 Å². The second-order valence-corrected chi connectivity index (χ2v) is 10.0. The highest BCUT2D eigenvalue weighted by Crippen LogP contribution is 2.27. The first-order chi connectivity index (χ1) is 16.4. The first kappa shape index (κ1) is 24.1. The van der Waals surface area contributed by atoms with E-state index in [4.69, 9.17) is 13.9 Å². The normalized spacial score (nSPS) is 15.8. The third-order valence-corrected chi connectivity index (χ3v) is 7.63. The fourth-order valence-electron chi connectivity index (χ4n) is 4.27. The van der Waals surface area contributed by atoms with Gasteiger partial charge in [0.15, 0.2) is 0 Å². The molecule has 8 nitrogen and oxygen atoms in total. The van der Waals surface area contributed by atoms with Crippen LogP contribution in [-0.4, -0.2) is 60.3 Å². The number of ether oxygens (including phenoxy) is 2. The number of hydrogen-bond donors (Lipinski definition) is 1. The number of nitrogens with one attached hydrogen (secondary N) is 1. The summed E-state index contributed by atoms with van der Waals surface area (Å²) in [6.45, 7) is 5.25. The topological polar surface area (TPSA) is 84.2 Å². The first-order valence-electron chi connectivity index (χ1n) is 11.2. The van der Waals surface area contributed by atoms with E-state index in [9.17, 15) is 8.42 Å². The molecule has 0 bridgehead atoms. The number of methoxy groups -OCH3 is 2. The second kappa shape index (κ2) is 10.5. The van der Waals surface area contributed by atoms with Crippen LogP contribution in [-0.2, 0) is 10.0 Å². The molecule has 9 heteroatoms. The van der Waals surface area contributed by atoms with Crippen LogP contribution < -0.4 is 19.1 Å². The van der Waals surface area contributed by atoms with E-state index in [1.807, 2.05) is 31.2 Å². The Morgan fingerprint density at radius 2 is 1.74 bits per heavy atom. The van der Waals surface area contributed by atoms with Crippen LogP contribution in [0.15, 0.2) is 70.2 Å². The maximum absolute atomic E-state index is 13.0. The summed E-state index contributed by atoms with van der Waals surface area (Å²) in [6.07, 6.45) is 1.62. The number of nitrogens with zero attached hydrogens (tertiary/aromatic N) is 2. The Kier molecular flexibility index (Phi) is 7.45. The SMILES string of the molecule is COc1ccc(N2CCN(C(CNS(=O)(=O)c3ccc(OC)c(C)c3)c3ccco3)CC2)cc1. The maximum atomic E-state index is 13.0. The summed E-state index contributed by atoms with van der Waals surface area (Å²) < 4.78 is 45.0. The minimum Gasteiger partial charge on any atom is -0.497 e. The van der Waals surface area contributed by atoms with Gasteiger partial charge in [0.1, 0.15) is 17.3 Å². The lowest BCUT2D eigenvalue weighted by molar-refractivity contribution is 0.166. The van der Waals surface area contributed by atoms with E-state index in [-0.39, 0.29) is 17.5 Å². The van der Waals surface area contributed by atoms with Crippen LogP contribution >= 0.6 is 0 Å². The number of hydrogen-bond acceptors (Lipinski definition) is 7. The van der Waals surface area contributed by atoms with Crippen LogP contribution in [0.2, 0.25) is 0 Å². The van der Waals surface area contributed by atoms with Crippen LogP contribution in [0.4, 0.5) is 5.69 Å². The van der Waals surface area contributed by atoms with Crippen LogP contribution in [0.3, 0.4) is 0 Å². The average molecular weight is 486 g/mol. The van der Waals surface area contributed by atoms with Gasteiger partial charge in [-0.2, -0.15) is 0 Å². The van der Waals surface area contributed by atoms with E-state index in [1.54, 1.807) is 38.7 Å². The summed E-state index contributed by atoms with van der Waals surface area (Å²) in [4.78, 5) is 4.80. The number of anilines is 1. The molecule has 0 saturated carbocycles. The Morgan fingerprint density at radius 1 is 1.00 bits per heavy atom. The lowest BCUT2D eigenvalue weighted by Gasteiger charge is -2.39. The largest absolute Gasteiger partial charge is 0.497 e. The molecule has 1 unspecified atom stereocenters. The molecule has 1 saturated heterocycles. The molecule has 3 aromatic rings. The molecule has 4 rings (SSSR count). The zero-order valence-corrected chi connectivity index (χ0v) is 20.5. The zero-order chi connectivity index (χ0) is 24.1. The van der Waals surface area contributed by atoms with Crippen molar-refractivity contribution >= 4 is 15.7 Å². The summed E-state index contributed by atoms with van der Waals surface area (Å²) in [5.74, 6) is 2.23. The van der Waals surface area contributed by atoms with Crippen molar-refractivity contribution in [1.29, 1.82) is 0 Å². The molecule has 0 spiro atoms. The van der Waals surface area contributed by atoms with Crippen LogP contribution in [0, 0.1) is 6.92 Å². The van der Waals surface area contributed by atoms with Gasteiger partial charge in [-0.15, -0.1) is 0 Å². The molecule has 34 heavy (non-hydrogen) atoms. The summed E-state index contributed by atoms with van der Waals surface area (Å²) in [6, 6.07) is 16.4. The van der Waals surface area contributed by atoms with Gasteiger partial charge >= 0.3 is 0 Å². The maximum Gasteiger partial charge on any atom is 0.240 e. The van der Waals surface area contributed by atoms with Gasteiger partial charge in [-0.1, -0.05) is 0 Å². The highest BCUT2D eigenvalue weighted by atomic mass is 32.2. The summed E-state index contributed by atoms with van der Waals surface area (Å²) in [5, 5.41) is 0. The van der Waals surface area contributed by atoms with Gasteiger partial charge in [-0.05, 0) is 67.1 Å². The Bertz CT molecular complexity index is 1170. The van der Waals surface area contributed by atoms with Crippen molar-refractivity contribution in [1.82, 2.24) is 9.62 Å². The molecule has 1 aromatic heterocycles. The van der Waals surface area contributed by atoms with Crippen molar-refractivity contribution in [3.63, 3.8) is 0 Å². The summed E-state index contributed by atoms with van der Waals surface area (Å²) in [7, 11) is -0.463. The third-order valence-electron chi connectivity index (χ3n) is 6.21. The van der Waals surface area contributed by atoms with Crippen molar-refractivity contribution in [3.05, 3.63) is 72.2 Å². The minimum atomic E-state index is -3.69. The van der Waals surface area contributed by atoms with E-state index in [2.05, 4.69) is 26.7 Å². The molecule has 1 aliphatic rings. The highest BCUT2D eigenvalue weighted by molar-refractivity contribution is 7.89. The molecule has 182 valence electrons. The van der Waals surface area contributed by atoms with Crippen LogP contribution in [0.1, 0.15) is 17.4 Å². The van der Waals surface area contributed by atoms with Gasteiger partial charge < -0.3 is 18.8 Å². The molecule has 1 N–H and O–H groups in total. The summed E-state index contributed by atoms with van der Waals surface area (Å²) >= 11 is 0. The Labute approximate surface area is 201 Å². The predicted molar refractivity (Wildman–Crippen MR) is 131 cm³/mol. The standard InChI is InChI=1S/C25H31N3O5S/c1-19-17-22(10-11-24(19)32-3)34(29,30)26-18-23(25-5-4-16-33-25)28-14-12-27(13-15-28)20-6-8-21(31-2)9-7-20/h4-11,16-17,23,26H,12-15,18H2,1-3H3. The smallest absolute Gasteiger partial charge is 0.240 e. The molecule has 2 heterocycles. The van der Waals surface area contributed by atoms with Gasteiger partial charge in [0.25, 0.3) is 0 Å². The molecular weight excluding hydrogens is 454 g/mol. The molecule has 0 aliphatic carbocycles. The minimum absolute atomic E-state index is 0.206. The van der Waals surface area contributed by atoms with Crippen molar-refractivity contribution in [2.75, 3.05) is 51.8 Å². The lowest BCUT2D eigenvalue weighted by Crippen LogP contribution is -2.49. The monoisotopic (exact) mass is 485 g/mol. The van der Waals surface area contributed by atoms with E-state index in [0.717, 1.165) is 48.9 Å². The first-order valence-corrected chi connectivity index (χ1v) is 12.7. The van der Waals surface area contributed by atoms with Crippen molar-refractivity contribution in [3.8, 4) is 11.5 Å². The lowest BCUT2D eigenvalue weighted by atomic mass is 10.1.